The number of hydrogen-bond acceptors (Lipinski definition) is 3. The molecule has 4 nitrogen and oxygen atoms in total. The van der Waals surface area contributed by atoms with Crippen LogP contribution >= 0.6 is 0 Å². The van der Waals surface area contributed by atoms with Gasteiger partial charge >= 0.3 is 0 Å². The summed E-state index contributed by atoms with van der Waals surface area (Å²) in [6, 6.07) is 0. The average molecular weight is 240 g/mol. The molecule has 0 aromatic carbocycles. The lowest BCUT2D eigenvalue weighted by molar-refractivity contribution is -0.142. The summed E-state index contributed by atoms with van der Waals surface area (Å²) >= 11 is 0. The highest BCUT2D eigenvalue weighted by molar-refractivity contribution is 5.82. The first-order chi connectivity index (χ1) is 8.12. The van der Waals surface area contributed by atoms with Crippen LogP contribution in [0.15, 0.2) is 0 Å². The van der Waals surface area contributed by atoms with E-state index in [0.717, 1.165) is 51.9 Å². The van der Waals surface area contributed by atoms with Crippen molar-refractivity contribution in [2.24, 2.45) is 5.41 Å². The van der Waals surface area contributed by atoms with Gasteiger partial charge in [-0.25, -0.2) is 0 Å². The van der Waals surface area contributed by atoms with Gasteiger partial charge in [0.15, 0.2) is 0 Å². The van der Waals surface area contributed by atoms with Gasteiger partial charge < -0.3 is 15.0 Å². The third-order valence-electron chi connectivity index (χ3n) is 4.07. The van der Waals surface area contributed by atoms with Crippen molar-refractivity contribution >= 4 is 5.91 Å². The number of hydrogen-bond donors (Lipinski definition) is 1. The molecule has 0 bridgehead atoms. The van der Waals surface area contributed by atoms with Crippen LogP contribution in [0.4, 0.5) is 0 Å². The van der Waals surface area contributed by atoms with Gasteiger partial charge in [0.2, 0.25) is 5.91 Å². The molecule has 2 saturated heterocycles. The first kappa shape index (κ1) is 12.8. The number of carbonyl (C=O) groups excluding carboxylic acids is 1. The monoisotopic (exact) mass is 240 g/mol. The van der Waals surface area contributed by atoms with Crippen LogP contribution in [-0.4, -0.2) is 50.2 Å². The lowest BCUT2D eigenvalue weighted by Gasteiger charge is -2.36. The number of amides is 1. The minimum Gasteiger partial charge on any atom is -0.376 e. The maximum Gasteiger partial charge on any atom is 0.228 e. The molecular formula is C13H24N2O2. The molecule has 2 rings (SSSR count). The summed E-state index contributed by atoms with van der Waals surface area (Å²) in [6.45, 7) is 5.62. The van der Waals surface area contributed by atoms with Crippen LogP contribution in [0.5, 0.6) is 0 Å². The Kier molecular flexibility index (Phi) is 4.05. The Morgan fingerprint density at radius 1 is 1.47 bits per heavy atom. The molecule has 2 heterocycles. The van der Waals surface area contributed by atoms with Crippen LogP contribution in [0, 0.1) is 5.41 Å². The summed E-state index contributed by atoms with van der Waals surface area (Å²) in [7, 11) is 1.91. The average Bonchev–Trinajstić information content (AvgIpc) is 2.81. The van der Waals surface area contributed by atoms with Gasteiger partial charge in [-0.05, 0) is 38.8 Å². The predicted molar refractivity (Wildman–Crippen MR) is 66.8 cm³/mol. The molecule has 1 unspecified atom stereocenters. The van der Waals surface area contributed by atoms with E-state index in [2.05, 4.69) is 12.2 Å². The second-order valence-electron chi connectivity index (χ2n) is 5.63. The minimum atomic E-state index is -0.168. The van der Waals surface area contributed by atoms with Gasteiger partial charge in [0.05, 0.1) is 6.10 Å². The molecule has 0 aliphatic carbocycles. The van der Waals surface area contributed by atoms with Gasteiger partial charge in [-0.3, -0.25) is 4.79 Å². The highest BCUT2D eigenvalue weighted by Gasteiger charge is 2.37. The van der Waals surface area contributed by atoms with Crippen LogP contribution in [0.25, 0.3) is 0 Å². The molecule has 2 aliphatic rings. The van der Waals surface area contributed by atoms with E-state index in [1.165, 1.54) is 0 Å². The molecule has 4 heteroatoms. The van der Waals surface area contributed by atoms with Crippen LogP contribution in [0.2, 0.25) is 0 Å². The van der Waals surface area contributed by atoms with Crippen molar-refractivity contribution < 1.29 is 9.53 Å². The highest BCUT2D eigenvalue weighted by Crippen LogP contribution is 2.30. The van der Waals surface area contributed by atoms with Crippen LogP contribution in [0.3, 0.4) is 0 Å². The first-order valence-corrected chi connectivity index (χ1v) is 6.70. The smallest absolute Gasteiger partial charge is 0.228 e. The maximum absolute atomic E-state index is 12.5. The summed E-state index contributed by atoms with van der Waals surface area (Å²) in [6.07, 6.45) is 4.38. The Morgan fingerprint density at radius 3 is 2.76 bits per heavy atom. The number of ether oxygens (including phenoxy) is 1. The Labute approximate surface area is 104 Å². The van der Waals surface area contributed by atoms with E-state index in [4.69, 9.17) is 4.74 Å². The Balaban J connectivity index is 1.88. The topological polar surface area (TPSA) is 41.6 Å². The number of piperidine rings is 1. The largest absolute Gasteiger partial charge is 0.376 e. The van der Waals surface area contributed by atoms with Crippen LogP contribution < -0.4 is 5.32 Å². The van der Waals surface area contributed by atoms with Crippen LogP contribution in [-0.2, 0) is 9.53 Å². The summed E-state index contributed by atoms with van der Waals surface area (Å²) < 4.78 is 5.59. The third kappa shape index (κ3) is 2.99. The summed E-state index contributed by atoms with van der Waals surface area (Å²) in [5.41, 5.74) is -0.168. The zero-order valence-electron chi connectivity index (χ0n) is 11.0. The fraction of sp³-hybridized carbons (Fsp3) is 0.923. The molecule has 1 atom stereocenters. The molecule has 0 radical (unpaired) electrons. The Hall–Kier alpha value is -0.610. The number of nitrogens with zero attached hydrogens (tertiary/aromatic N) is 1. The summed E-state index contributed by atoms with van der Waals surface area (Å²) in [4.78, 5) is 14.3. The molecule has 0 spiro atoms. The second kappa shape index (κ2) is 5.36. The van der Waals surface area contributed by atoms with Crippen molar-refractivity contribution in [1.29, 1.82) is 0 Å². The van der Waals surface area contributed by atoms with Gasteiger partial charge in [-0.2, -0.15) is 0 Å². The van der Waals surface area contributed by atoms with Crippen molar-refractivity contribution in [2.75, 3.05) is 33.3 Å². The lowest BCUT2D eigenvalue weighted by Crippen LogP contribution is -2.48. The van der Waals surface area contributed by atoms with E-state index in [1.807, 2.05) is 11.9 Å². The molecule has 0 saturated carbocycles. The van der Waals surface area contributed by atoms with E-state index < -0.39 is 0 Å². The molecule has 0 aromatic heterocycles. The van der Waals surface area contributed by atoms with Crippen LogP contribution in [0.1, 0.15) is 32.6 Å². The molecule has 2 aliphatic heterocycles. The van der Waals surface area contributed by atoms with Crippen molar-refractivity contribution in [2.45, 2.75) is 38.7 Å². The summed E-state index contributed by atoms with van der Waals surface area (Å²) in [5.74, 6) is 0.287. The molecular weight excluding hydrogens is 216 g/mol. The van der Waals surface area contributed by atoms with Gasteiger partial charge in [0, 0.05) is 25.6 Å². The van der Waals surface area contributed by atoms with Crippen molar-refractivity contribution in [3.05, 3.63) is 0 Å². The maximum atomic E-state index is 12.5. The van der Waals surface area contributed by atoms with E-state index >= 15 is 0 Å². The van der Waals surface area contributed by atoms with Crippen molar-refractivity contribution in [3.63, 3.8) is 0 Å². The molecule has 98 valence electrons. The van der Waals surface area contributed by atoms with Gasteiger partial charge in [-0.1, -0.05) is 6.92 Å². The normalized spacial score (nSPS) is 28.0. The number of nitrogens with one attached hydrogen (secondary N) is 1. The van der Waals surface area contributed by atoms with E-state index in [-0.39, 0.29) is 17.4 Å². The van der Waals surface area contributed by atoms with E-state index in [1.54, 1.807) is 0 Å². The van der Waals surface area contributed by atoms with Gasteiger partial charge in [-0.15, -0.1) is 0 Å². The molecule has 1 amide bonds. The predicted octanol–water partition coefficient (Wildman–Crippen LogP) is 1.01. The third-order valence-corrected chi connectivity index (χ3v) is 4.07. The molecule has 2 fully saturated rings. The highest BCUT2D eigenvalue weighted by atomic mass is 16.5. The van der Waals surface area contributed by atoms with Crippen molar-refractivity contribution in [3.8, 4) is 0 Å². The van der Waals surface area contributed by atoms with Gasteiger partial charge in [0.1, 0.15) is 0 Å². The lowest BCUT2D eigenvalue weighted by atomic mass is 9.79. The summed E-state index contributed by atoms with van der Waals surface area (Å²) in [5, 5.41) is 3.31. The number of carbonyl (C=O) groups is 1. The molecule has 0 aromatic rings. The quantitative estimate of drug-likeness (QED) is 0.800. The first-order valence-electron chi connectivity index (χ1n) is 6.70. The number of rotatable bonds is 3. The van der Waals surface area contributed by atoms with E-state index in [9.17, 15) is 4.79 Å². The van der Waals surface area contributed by atoms with Crippen molar-refractivity contribution in [1.82, 2.24) is 10.2 Å². The van der Waals surface area contributed by atoms with Gasteiger partial charge in [0.25, 0.3) is 0 Å². The Bertz CT molecular complexity index is 269. The standard InChI is InChI=1S/C13H24N2O2/c1-13(5-7-14-8-6-13)12(16)15(2)10-11-4-3-9-17-11/h11,14H,3-10H2,1-2H3. The zero-order valence-corrected chi connectivity index (χ0v) is 11.0. The zero-order chi connectivity index (χ0) is 12.3. The number of likely N-dealkylation sites (N-methyl/N-ethyl adjacent to an activating group) is 1. The van der Waals surface area contributed by atoms with E-state index in [0.29, 0.717) is 0 Å². The minimum absolute atomic E-state index is 0.168. The fourth-order valence-corrected chi connectivity index (χ4v) is 2.83. The molecule has 1 N–H and O–H groups in total. The fourth-order valence-electron chi connectivity index (χ4n) is 2.83. The second-order valence-corrected chi connectivity index (χ2v) is 5.63. The Morgan fingerprint density at radius 2 is 2.18 bits per heavy atom. The SMILES string of the molecule is CN(CC1CCCO1)C(=O)C1(C)CCNCC1. The molecule has 17 heavy (non-hydrogen) atoms.